The van der Waals surface area contributed by atoms with Gasteiger partial charge >= 0.3 is 5.97 Å². The van der Waals surface area contributed by atoms with Gasteiger partial charge in [0.1, 0.15) is 11.6 Å². The van der Waals surface area contributed by atoms with Crippen molar-refractivity contribution in [1.29, 1.82) is 0 Å². The smallest absolute Gasteiger partial charge is 0.309 e. The molecule has 7 nitrogen and oxygen atoms in total. The lowest BCUT2D eigenvalue weighted by atomic mass is 9.89. The first-order valence-electron chi connectivity index (χ1n) is 11.1. The highest BCUT2D eigenvalue weighted by Crippen LogP contribution is 2.34. The molecule has 2 heterocycles. The SMILES string of the molecule is CC[C@H]1CCC[C@H]1N1CC[C@@H](NC(=O)c2cc(-c3ccc(F)cc3F)on2)[C@H](C(=O)O)C1. The van der Waals surface area contributed by atoms with Crippen molar-refractivity contribution in [2.45, 2.75) is 51.1 Å². The summed E-state index contributed by atoms with van der Waals surface area (Å²) in [5.41, 5.74) is -0.103. The summed E-state index contributed by atoms with van der Waals surface area (Å²) >= 11 is 0. The highest BCUT2D eigenvalue weighted by molar-refractivity contribution is 5.93. The van der Waals surface area contributed by atoms with E-state index in [4.69, 9.17) is 4.52 Å². The number of likely N-dealkylation sites (tertiary alicyclic amines) is 1. The normalized spacial score (nSPS) is 26.2. The molecule has 2 aromatic rings. The van der Waals surface area contributed by atoms with E-state index in [1.807, 2.05) is 0 Å². The molecule has 4 atom stereocenters. The molecular weight excluding hydrogens is 420 g/mol. The van der Waals surface area contributed by atoms with Crippen LogP contribution in [0.2, 0.25) is 0 Å². The van der Waals surface area contributed by atoms with Crippen LogP contribution in [-0.2, 0) is 4.79 Å². The van der Waals surface area contributed by atoms with Crippen LogP contribution in [0.5, 0.6) is 0 Å². The Morgan fingerprint density at radius 3 is 2.78 bits per heavy atom. The number of hydrogen-bond donors (Lipinski definition) is 2. The maximum Gasteiger partial charge on any atom is 0.309 e. The highest BCUT2D eigenvalue weighted by Gasteiger charge is 2.40. The fourth-order valence-electron chi connectivity index (χ4n) is 5.12. The molecule has 1 aromatic carbocycles. The van der Waals surface area contributed by atoms with Gasteiger partial charge in [0.25, 0.3) is 5.91 Å². The summed E-state index contributed by atoms with van der Waals surface area (Å²) in [6, 6.07) is 4.13. The molecule has 1 saturated heterocycles. The lowest BCUT2D eigenvalue weighted by Gasteiger charge is -2.41. The van der Waals surface area contributed by atoms with Crippen molar-refractivity contribution >= 4 is 11.9 Å². The molecule has 2 fully saturated rings. The van der Waals surface area contributed by atoms with Gasteiger partial charge in [-0.2, -0.15) is 0 Å². The first-order valence-corrected chi connectivity index (χ1v) is 11.1. The number of carbonyl (C=O) groups is 2. The predicted octanol–water partition coefficient (Wildman–Crippen LogP) is 3.70. The van der Waals surface area contributed by atoms with Crippen molar-refractivity contribution in [2.75, 3.05) is 13.1 Å². The van der Waals surface area contributed by atoms with Gasteiger partial charge in [-0.25, -0.2) is 8.78 Å². The monoisotopic (exact) mass is 447 g/mol. The van der Waals surface area contributed by atoms with Crippen molar-refractivity contribution < 1.29 is 28.0 Å². The van der Waals surface area contributed by atoms with E-state index in [0.717, 1.165) is 31.5 Å². The number of piperidine rings is 1. The van der Waals surface area contributed by atoms with Crippen LogP contribution in [-0.4, -0.2) is 52.2 Å². The number of rotatable bonds is 6. The quantitative estimate of drug-likeness (QED) is 0.701. The molecular formula is C23H27F2N3O4. The fourth-order valence-corrected chi connectivity index (χ4v) is 5.12. The Bertz CT molecular complexity index is 995. The van der Waals surface area contributed by atoms with Crippen molar-refractivity contribution in [3.05, 3.63) is 41.6 Å². The molecule has 0 radical (unpaired) electrons. The van der Waals surface area contributed by atoms with Crippen LogP contribution >= 0.6 is 0 Å². The van der Waals surface area contributed by atoms with E-state index in [1.165, 1.54) is 25.0 Å². The molecule has 1 aliphatic carbocycles. The highest BCUT2D eigenvalue weighted by atomic mass is 19.1. The second kappa shape index (κ2) is 9.36. The molecule has 2 N–H and O–H groups in total. The number of nitrogens with one attached hydrogen (secondary N) is 1. The zero-order valence-corrected chi connectivity index (χ0v) is 17.9. The van der Waals surface area contributed by atoms with Gasteiger partial charge in [-0.1, -0.05) is 24.9 Å². The standard InChI is InChI=1S/C23H27F2N3O4/c1-2-13-4-3-5-20(13)28-9-8-18(16(12-28)23(30)31)26-22(29)19-11-21(32-27-19)15-7-6-14(24)10-17(15)25/h6-7,10-11,13,16,18,20H,2-5,8-9,12H2,1H3,(H,26,29)(H,30,31)/t13-,16+,18+,20+/m0/s1. The van der Waals surface area contributed by atoms with Crippen molar-refractivity contribution in [3.63, 3.8) is 0 Å². The molecule has 0 bridgehead atoms. The molecule has 172 valence electrons. The first kappa shape index (κ1) is 22.4. The molecule has 2 aliphatic rings. The lowest BCUT2D eigenvalue weighted by Crippen LogP contribution is -2.56. The number of halogens is 2. The summed E-state index contributed by atoms with van der Waals surface area (Å²) < 4.78 is 32.2. The third-order valence-corrected chi connectivity index (χ3v) is 6.83. The summed E-state index contributed by atoms with van der Waals surface area (Å²) in [6.45, 7) is 3.29. The fraction of sp³-hybridized carbons (Fsp3) is 0.522. The van der Waals surface area contributed by atoms with E-state index >= 15 is 0 Å². The largest absolute Gasteiger partial charge is 0.481 e. The van der Waals surface area contributed by atoms with Gasteiger partial charge in [-0.15, -0.1) is 0 Å². The second-order valence-electron chi connectivity index (χ2n) is 8.68. The summed E-state index contributed by atoms with van der Waals surface area (Å²) in [7, 11) is 0. The van der Waals surface area contributed by atoms with Gasteiger partial charge in [-0.3, -0.25) is 14.5 Å². The Kier molecular flexibility index (Phi) is 6.55. The van der Waals surface area contributed by atoms with Gasteiger partial charge in [0.15, 0.2) is 11.5 Å². The number of aliphatic carboxylic acids is 1. The topological polar surface area (TPSA) is 95.7 Å². The summed E-state index contributed by atoms with van der Waals surface area (Å²) in [5, 5.41) is 16.3. The number of nitrogens with zero attached hydrogens (tertiary/aromatic N) is 2. The minimum Gasteiger partial charge on any atom is -0.481 e. The van der Waals surface area contributed by atoms with E-state index in [9.17, 15) is 23.5 Å². The Morgan fingerprint density at radius 2 is 2.06 bits per heavy atom. The third kappa shape index (κ3) is 4.53. The zero-order valence-electron chi connectivity index (χ0n) is 17.9. The van der Waals surface area contributed by atoms with Crippen molar-refractivity contribution in [2.24, 2.45) is 11.8 Å². The number of amides is 1. The number of hydrogen-bond acceptors (Lipinski definition) is 5. The Morgan fingerprint density at radius 1 is 1.25 bits per heavy atom. The van der Waals surface area contributed by atoms with Crippen LogP contribution in [0.25, 0.3) is 11.3 Å². The maximum absolute atomic E-state index is 14.0. The second-order valence-corrected chi connectivity index (χ2v) is 8.68. The minimum absolute atomic E-state index is 0.0101. The minimum atomic E-state index is -0.944. The van der Waals surface area contributed by atoms with Crippen LogP contribution < -0.4 is 5.32 Å². The van der Waals surface area contributed by atoms with E-state index in [-0.39, 0.29) is 17.0 Å². The molecule has 1 saturated carbocycles. The zero-order chi connectivity index (χ0) is 22.8. The van der Waals surface area contributed by atoms with Crippen LogP contribution in [0.4, 0.5) is 8.78 Å². The van der Waals surface area contributed by atoms with E-state index in [1.54, 1.807) is 0 Å². The number of benzene rings is 1. The van der Waals surface area contributed by atoms with Crippen LogP contribution in [0, 0.1) is 23.5 Å². The van der Waals surface area contributed by atoms with Crippen molar-refractivity contribution in [1.82, 2.24) is 15.4 Å². The van der Waals surface area contributed by atoms with Gasteiger partial charge in [0.05, 0.1) is 11.5 Å². The molecule has 32 heavy (non-hydrogen) atoms. The lowest BCUT2D eigenvalue weighted by molar-refractivity contribution is -0.145. The number of carboxylic acids is 1. The van der Waals surface area contributed by atoms with Crippen LogP contribution in [0.15, 0.2) is 28.8 Å². The van der Waals surface area contributed by atoms with Gasteiger partial charge in [0.2, 0.25) is 0 Å². The average Bonchev–Trinajstić information content (AvgIpc) is 3.43. The first-order chi connectivity index (χ1) is 15.4. The molecule has 1 aromatic heterocycles. The molecule has 9 heteroatoms. The van der Waals surface area contributed by atoms with E-state index < -0.39 is 35.5 Å². The summed E-state index contributed by atoms with van der Waals surface area (Å²) in [4.78, 5) is 26.9. The van der Waals surface area contributed by atoms with Gasteiger partial charge in [-0.05, 0) is 37.3 Å². The van der Waals surface area contributed by atoms with E-state index in [0.29, 0.717) is 24.9 Å². The number of carbonyl (C=O) groups excluding carboxylic acids is 1. The number of aromatic nitrogens is 1. The summed E-state index contributed by atoms with van der Waals surface area (Å²) in [5.74, 6) is -3.23. The Balaban J connectivity index is 1.44. The van der Waals surface area contributed by atoms with Crippen LogP contribution in [0.3, 0.4) is 0 Å². The van der Waals surface area contributed by atoms with Gasteiger partial charge < -0.3 is 14.9 Å². The predicted molar refractivity (Wildman–Crippen MR) is 112 cm³/mol. The van der Waals surface area contributed by atoms with Crippen LogP contribution in [0.1, 0.15) is 49.5 Å². The Labute approximate surface area is 184 Å². The third-order valence-electron chi connectivity index (χ3n) is 6.83. The Hall–Kier alpha value is -2.81. The van der Waals surface area contributed by atoms with Crippen molar-refractivity contribution in [3.8, 4) is 11.3 Å². The summed E-state index contributed by atoms with van der Waals surface area (Å²) in [6.07, 6.45) is 5.04. The molecule has 1 amide bonds. The van der Waals surface area contributed by atoms with E-state index in [2.05, 4.69) is 22.3 Å². The molecule has 0 unspecified atom stereocenters. The molecule has 0 spiro atoms. The molecule has 1 aliphatic heterocycles. The number of carboxylic acid groups (broad SMARTS) is 1. The molecule has 4 rings (SSSR count). The average molecular weight is 447 g/mol. The van der Waals surface area contributed by atoms with Gasteiger partial charge in [0, 0.05) is 37.3 Å². The maximum atomic E-state index is 14.0.